The van der Waals surface area contributed by atoms with Gasteiger partial charge in [0.25, 0.3) is 0 Å². The summed E-state index contributed by atoms with van der Waals surface area (Å²) in [5, 5.41) is 0. The van der Waals surface area contributed by atoms with Gasteiger partial charge in [0.05, 0.1) is 6.20 Å². The Kier molecular flexibility index (Phi) is 2.32. The highest BCUT2D eigenvalue weighted by molar-refractivity contribution is 5.70. The number of halogens is 1. The molecule has 2 aromatic rings. The lowest BCUT2D eigenvalue weighted by molar-refractivity contribution is 0.0838. The Labute approximate surface area is 91.9 Å². The summed E-state index contributed by atoms with van der Waals surface area (Å²) in [6, 6.07) is 1.40. The minimum absolute atomic E-state index is 0.350. The highest BCUT2D eigenvalue weighted by atomic mass is 19.1. The summed E-state index contributed by atoms with van der Waals surface area (Å²) in [5.41, 5.74) is 1.25. The molecule has 84 valence electrons. The maximum atomic E-state index is 13.0. The molecule has 4 nitrogen and oxygen atoms in total. The normalized spacial score (nSPS) is 18.1. The molecule has 0 bridgehead atoms. The predicted octanol–water partition coefficient (Wildman–Crippen LogP) is 1.99. The molecule has 3 rings (SSSR count). The van der Waals surface area contributed by atoms with E-state index >= 15 is 0 Å². The highest BCUT2D eigenvalue weighted by Crippen LogP contribution is 2.25. The quantitative estimate of drug-likeness (QED) is 0.801. The number of fused-ring (bicyclic) bond motifs is 1. The molecule has 2 aromatic heterocycles. The molecular formula is C11H12FN3O. The van der Waals surface area contributed by atoms with Gasteiger partial charge in [-0.1, -0.05) is 0 Å². The van der Waals surface area contributed by atoms with Crippen molar-refractivity contribution in [3.8, 4) is 0 Å². The van der Waals surface area contributed by atoms with E-state index in [4.69, 9.17) is 4.74 Å². The Bertz CT molecular complexity index is 505. The van der Waals surface area contributed by atoms with Gasteiger partial charge in [0.15, 0.2) is 5.65 Å². The third kappa shape index (κ3) is 1.67. The van der Waals surface area contributed by atoms with Crippen molar-refractivity contribution in [3.05, 3.63) is 23.9 Å². The average Bonchev–Trinajstić information content (AvgIpc) is 2.73. The van der Waals surface area contributed by atoms with Crippen molar-refractivity contribution in [1.29, 1.82) is 0 Å². The minimum Gasteiger partial charge on any atom is -0.381 e. The molecule has 16 heavy (non-hydrogen) atoms. The third-order valence-electron chi connectivity index (χ3n) is 2.93. The van der Waals surface area contributed by atoms with Crippen LogP contribution in [0.1, 0.15) is 24.6 Å². The molecule has 0 atom stereocenters. The molecule has 1 fully saturated rings. The van der Waals surface area contributed by atoms with Crippen LogP contribution in [0.3, 0.4) is 0 Å². The Hall–Kier alpha value is -1.49. The van der Waals surface area contributed by atoms with E-state index in [1.165, 1.54) is 12.3 Å². The molecule has 1 aliphatic rings. The second kappa shape index (κ2) is 3.83. The van der Waals surface area contributed by atoms with Crippen molar-refractivity contribution in [3.63, 3.8) is 0 Å². The second-order valence-corrected chi connectivity index (χ2v) is 4.03. The van der Waals surface area contributed by atoms with Crippen LogP contribution in [0, 0.1) is 5.82 Å². The Morgan fingerprint density at radius 1 is 1.38 bits per heavy atom. The molecule has 0 radical (unpaired) electrons. The van der Waals surface area contributed by atoms with Crippen LogP contribution in [0.15, 0.2) is 12.3 Å². The van der Waals surface area contributed by atoms with Crippen LogP contribution < -0.4 is 0 Å². The number of aromatic amines is 1. The van der Waals surface area contributed by atoms with Gasteiger partial charge in [-0.05, 0) is 12.8 Å². The van der Waals surface area contributed by atoms with Crippen molar-refractivity contribution in [1.82, 2.24) is 15.0 Å². The van der Waals surface area contributed by atoms with E-state index in [1.807, 2.05) is 0 Å². The van der Waals surface area contributed by atoms with Crippen LogP contribution in [-0.4, -0.2) is 28.2 Å². The van der Waals surface area contributed by atoms with Crippen LogP contribution in [0.25, 0.3) is 11.2 Å². The molecule has 0 spiro atoms. The monoisotopic (exact) mass is 221 g/mol. The number of rotatable bonds is 1. The van der Waals surface area contributed by atoms with Crippen molar-refractivity contribution in [2.24, 2.45) is 0 Å². The number of pyridine rings is 1. The summed E-state index contributed by atoms with van der Waals surface area (Å²) in [4.78, 5) is 11.5. The van der Waals surface area contributed by atoms with Gasteiger partial charge in [-0.25, -0.2) is 14.4 Å². The molecular weight excluding hydrogens is 209 g/mol. The Morgan fingerprint density at radius 2 is 2.19 bits per heavy atom. The van der Waals surface area contributed by atoms with Crippen LogP contribution >= 0.6 is 0 Å². The number of H-pyrrole nitrogens is 1. The standard InChI is InChI=1S/C11H12FN3O/c12-8-5-9-11(13-6-8)15-10(14-9)7-1-3-16-4-2-7/h5-7H,1-4H2,(H,13,14,15). The molecule has 0 aromatic carbocycles. The summed E-state index contributed by atoms with van der Waals surface area (Å²) in [5.74, 6) is 0.930. The summed E-state index contributed by atoms with van der Waals surface area (Å²) in [6.07, 6.45) is 3.12. The van der Waals surface area contributed by atoms with E-state index in [9.17, 15) is 4.39 Å². The maximum absolute atomic E-state index is 13.0. The highest BCUT2D eigenvalue weighted by Gasteiger charge is 2.19. The van der Waals surface area contributed by atoms with Crippen molar-refractivity contribution < 1.29 is 9.13 Å². The van der Waals surface area contributed by atoms with Gasteiger partial charge in [0.1, 0.15) is 17.2 Å². The zero-order chi connectivity index (χ0) is 11.0. The van der Waals surface area contributed by atoms with Gasteiger partial charge in [0.2, 0.25) is 0 Å². The number of nitrogens with zero attached hydrogens (tertiary/aromatic N) is 2. The van der Waals surface area contributed by atoms with Crippen molar-refractivity contribution in [2.75, 3.05) is 13.2 Å². The molecule has 0 aliphatic carbocycles. The largest absolute Gasteiger partial charge is 0.381 e. The van der Waals surface area contributed by atoms with E-state index in [1.54, 1.807) is 0 Å². The topological polar surface area (TPSA) is 50.8 Å². The number of aromatic nitrogens is 3. The fraction of sp³-hybridized carbons (Fsp3) is 0.455. The summed E-state index contributed by atoms with van der Waals surface area (Å²) in [7, 11) is 0. The summed E-state index contributed by atoms with van der Waals surface area (Å²) >= 11 is 0. The van der Waals surface area contributed by atoms with Gasteiger partial charge in [-0.15, -0.1) is 0 Å². The van der Waals surface area contributed by atoms with Crippen LogP contribution in [0.2, 0.25) is 0 Å². The third-order valence-corrected chi connectivity index (χ3v) is 2.93. The number of imidazole rings is 1. The lowest BCUT2D eigenvalue weighted by Crippen LogP contribution is -2.15. The first-order valence-electron chi connectivity index (χ1n) is 5.42. The molecule has 0 unspecified atom stereocenters. The van der Waals surface area contributed by atoms with Crippen molar-refractivity contribution >= 4 is 11.2 Å². The zero-order valence-corrected chi connectivity index (χ0v) is 8.74. The number of ether oxygens (including phenoxy) is 1. The van der Waals surface area contributed by atoms with Gasteiger partial charge < -0.3 is 9.72 Å². The van der Waals surface area contributed by atoms with Gasteiger partial charge >= 0.3 is 0 Å². The SMILES string of the molecule is Fc1cnc2[nH]c(C3CCOCC3)nc2c1. The summed E-state index contributed by atoms with van der Waals surface area (Å²) < 4.78 is 18.2. The van der Waals surface area contributed by atoms with Crippen LogP contribution in [-0.2, 0) is 4.74 Å². The van der Waals surface area contributed by atoms with Gasteiger partial charge in [0, 0.05) is 25.2 Å². The lowest BCUT2D eigenvalue weighted by atomic mass is 10.00. The predicted molar refractivity (Wildman–Crippen MR) is 56.6 cm³/mol. The second-order valence-electron chi connectivity index (χ2n) is 4.03. The zero-order valence-electron chi connectivity index (χ0n) is 8.74. The van der Waals surface area contributed by atoms with Crippen molar-refractivity contribution in [2.45, 2.75) is 18.8 Å². The molecule has 1 aliphatic heterocycles. The fourth-order valence-electron chi connectivity index (χ4n) is 2.05. The first-order chi connectivity index (χ1) is 7.83. The van der Waals surface area contributed by atoms with E-state index in [-0.39, 0.29) is 5.82 Å². The molecule has 0 amide bonds. The van der Waals surface area contributed by atoms with E-state index < -0.39 is 0 Å². The number of nitrogens with one attached hydrogen (secondary N) is 1. The molecule has 1 N–H and O–H groups in total. The Balaban J connectivity index is 1.97. The minimum atomic E-state index is -0.350. The molecule has 3 heterocycles. The fourth-order valence-corrected chi connectivity index (χ4v) is 2.05. The smallest absolute Gasteiger partial charge is 0.157 e. The van der Waals surface area contributed by atoms with E-state index in [2.05, 4.69) is 15.0 Å². The van der Waals surface area contributed by atoms with E-state index in [0.29, 0.717) is 17.1 Å². The maximum Gasteiger partial charge on any atom is 0.157 e. The first kappa shape index (κ1) is 9.72. The molecule has 0 saturated carbocycles. The first-order valence-corrected chi connectivity index (χ1v) is 5.42. The van der Waals surface area contributed by atoms with E-state index in [0.717, 1.165) is 31.9 Å². The van der Waals surface area contributed by atoms with Crippen LogP contribution in [0.5, 0.6) is 0 Å². The average molecular weight is 221 g/mol. The number of hydrogen-bond acceptors (Lipinski definition) is 3. The molecule has 1 saturated heterocycles. The molecule has 5 heteroatoms. The van der Waals surface area contributed by atoms with Gasteiger partial charge in [-0.2, -0.15) is 0 Å². The lowest BCUT2D eigenvalue weighted by Gasteiger charge is -2.19. The summed E-state index contributed by atoms with van der Waals surface area (Å²) in [6.45, 7) is 1.53. The Morgan fingerprint density at radius 3 is 3.00 bits per heavy atom. The number of hydrogen-bond donors (Lipinski definition) is 1. The van der Waals surface area contributed by atoms with Gasteiger partial charge in [-0.3, -0.25) is 0 Å². The van der Waals surface area contributed by atoms with Crippen LogP contribution in [0.4, 0.5) is 4.39 Å².